The summed E-state index contributed by atoms with van der Waals surface area (Å²) in [4.78, 5) is 32.1. The molecule has 6 rings (SSSR count). The largest absolute Gasteiger partial charge is 0.356 e. The van der Waals surface area contributed by atoms with Crippen molar-refractivity contribution in [3.63, 3.8) is 0 Å². The molecule has 1 fully saturated rings. The molecule has 2 aliphatic heterocycles. The van der Waals surface area contributed by atoms with Gasteiger partial charge in [0.1, 0.15) is 12.6 Å². The smallest absolute Gasteiger partial charge is 0.266 e. The summed E-state index contributed by atoms with van der Waals surface area (Å²) in [7, 11) is 0. The molecule has 2 aliphatic rings. The summed E-state index contributed by atoms with van der Waals surface area (Å²) in [6, 6.07) is 21.6. The molecule has 33 heavy (non-hydrogen) atoms. The number of nitrogens with one attached hydrogen (secondary N) is 1. The maximum Gasteiger partial charge on any atom is 0.266 e. The van der Waals surface area contributed by atoms with Crippen molar-refractivity contribution in [2.24, 2.45) is 5.10 Å². The van der Waals surface area contributed by atoms with E-state index in [0.717, 1.165) is 38.5 Å². The van der Waals surface area contributed by atoms with Gasteiger partial charge in [0.25, 0.3) is 5.91 Å². The Labute approximate surface area is 191 Å². The predicted molar refractivity (Wildman–Crippen MR) is 129 cm³/mol. The lowest BCUT2D eigenvalue weighted by atomic mass is 9.82. The summed E-state index contributed by atoms with van der Waals surface area (Å²) in [6.07, 6.45) is 2.17. The lowest BCUT2D eigenvalue weighted by Crippen LogP contribution is -2.66. The molecule has 1 saturated heterocycles. The minimum Gasteiger partial charge on any atom is -0.356 e. The normalized spacial score (nSPS) is 20.0. The number of rotatable bonds is 2. The van der Waals surface area contributed by atoms with Crippen molar-refractivity contribution in [2.45, 2.75) is 31.8 Å². The average Bonchev–Trinajstić information content (AvgIpc) is 3.20. The number of aromatic amines is 1. The van der Waals surface area contributed by atoms with Crippen LogP contribution in [0.2, 0.25) is 0 Å². The summed E-state index contributed by atoms with van der Waals surface area (Å²) < 4.78 is 0. The second-order valence-corrected chi connectivity index (χ2v) is 9.28. The first-order valence-electron chi connectivity index (χ1n) is 11.2. The fraction of sp³-hybridized carbons (Fsp3) is 0.222. The minimum absolute atomic E-state index is 0.0599. The number of fused-ring (bicyclic) bond motifs is 5. The van der Waals surface area contributed by atoms with Crippen LogP contribution in [0.25, 0.3) is 21.7 Å². The van der Waals surface area contributed by atoms with Crippen molar-refractivity contribution < 1.29 is 9.59 Å². The fourth-order valence-electron chi connectivity index (χ4n) is 5.46. The molecule has 1 atom stereocenters. The number of amides is 2. The van der Waals surface area contributed by atoms with Gasteiger partial charge in [-0.1, -0.05) is 60.7 Å². The lowest BCUT2D eigenvalue weighted by molar-refractivity contribution is -0.163. The van der Waals surface area contributed by atoms with Gasteiger partial charge < -0.3 is 9.88 Å². The quantitative estimate of drug-likeness (QED) is 0.479. The third kappa shape index (κ3) is 2.90. The zero-order valence-corrected chi connectivity index (χ0v) is 18.6. The fourth-order valence-corrected chi connectivity index (χ4v) is 5.46. The van der Waals surface area contributed by atoms with E-state index in [-0.39, 0.29) is 18.4 Å². The van der Waals surface area contributed by atoms with Gasteiger partial charge in [-0.25, -0.2) is 5.01 Å². The molecule has 164 valence electrons. The van der Waals surface area contributed by atoms with Crippen LogP contribution in [0.5, 0.6) is 0 Å². The van der Waals surface area contributed by atoms with Gasteiger partial charge in [0, 0.05) is 28.6 Å². The monoisotopic (exact) mass is 436 g/mol. The van der Waals surface area contributed by atoms with Crippen LogP contribution in [-0.4, -0.2) is 45.5 Å². The van der Waals surface area contributed by atoms with Crippen molar-refractivity contribution in [3.05, 3.63) is 83.6 Å². The number of para-hydroxylation sites is 1. The van der Waals surface area contributed by atoms with E-state index in [1.54, 1.807) is 11.1 Å². The third-order valence-corrected chi connectivity index (χ3v) is 6.99. The van der Waals surface area contributed by atoms with Crippen molar-refractivity contribution in [3.8, 4) is 0 Å². The first kappa shape index (κ1) is 19.7. The van der Waals surface area contributed by atoms with Crippen LogP contribution in [0.15, 0.2) is 71.8 Å². The summed E-state index contributed by atoms with van der Waals surface area (Å²) in [5.74, 6) is -0.237. The van der Waals surface area contributed by atoms with Crippen LogP contribution < -0.4 is 0 Å². The number of hydrogen-bond donors (Lipinski definition) is 1. The minimum atomic E-state index is -0.616. The number of nitrogens with zero attached hydrogens (tertiary/aromatic N) is 3. The van der Waals surface area contributed by atoms with E-state index >= 15 is 0 Å². The summed E-state index contributed by atoms with van der Waals surface area (Å²) in [5.41, 5.74) is 3.45. The highest BCUT2D eigenvalue weighted by atomic mass is 16.2. The zero-order chi connectivity index (χ0) is 22.7. The average molecular weight is 437 g/mol. The topological polar surface area (TPSA) is 68.8 Å². The van der Waals surface area contributed by atoms with Gasteiger partial charge in [-0.2, -0.15) is 5.10 Å². The van der Waals surface area contributed by atoms with Crippen LogP contribution in [-0.2, 0) is 21.5 Å². The molecular formula is C27H24N4O2. The lowest BCUT2D eigenvalue weighted by Gasteiger charge is -2.50. The molecule has 2 amide bonds. The van der Waals surface area contributed by atoms with Gasteiger partial charge in [-0.05, 0) is 36.2 Å². The molecule has 1 N–H and O–H groups in total. The molecule has 4 aromatic rings. The van der Waals surface area contributed by atoms with Gasteiger partial charge in [-0.15, -0.1) is 0 Å². The Morgan fingerprint density at radius 1 is 0.970 bits per heavy atom. The molecule has 0 aliphatic carbocycles. The Morgan fingerprint density at radius 2 is 1.70 bits per heavy atom. The van der Waals surface area contributed by atoms with E-state index in [9.17, 15) is 9.59 Å². The van der Waals surface area contributed by atoms with E-state index in [1.165, 1.54) is 5.01 Å². The number of carbonyl (C=O) groups is 2. The van der Waals surface area contributed by atoms with Crippen LogP contribution in [0.3, 0.4) is 0 Å². The first-order valence-corrected chi connectivity index (χ1v) is 11.2. The molecular weight excluding hydrogens is 412 g/mol. The number of piperazine rings is 1. The van der Waals surface area contributed by atoms with Crippen LogP contribution in [0.1, 0.15) is 30.7 Å². The van der Waals surface area contributed by atoms with Crippen molar-refractivity contribution >= 4 is 39.7 Å². The molecule has 0 saturated carbocycles. The number of carbonyl (C=O) groups excluding carboxylic acids is 2. The van der Waals surface area contributed by atoms with Crippen molar-refractivity contribution in [1.82, 2.24) is 14.9 Å². The summed E-state index contributed by atoms with van der Waals surface area (Å²) in [5, 5.41) is 9.09. The highest BCUT2D eigenvalue weighted by molar-refractivity contribution is 6.01. The molecule has 0 radical (unpaired) electrons. The van der Waals surface area contributed by atoms with E-state index in [4.69, 9.17) is 0 Å². The molecule has 6 heteroatoms. The van der Waals surface area contributed by atoms with Crippen LogP contribution in [0.4, 0.5) is 0 Å². The van der Waals surface area contributed by atoms with E-state index in [2.05, 4.69) is 16.2 Å². The van der Waals surface area contributed by atoms with Crippen LogP contribution in [0, 0.1) is 0 Å². The van der Waals surface area contributed by atoms with Gasteiger partial charge in [0.2, 0.25) is 5.91 Å². The van der Waals surface area contributed by atoms with Gasteiger partial charge >= 0.3 is 0 Å². The standard InChI is InChI=1S/C27H24N4O2/c1-27(2)25-21(20-12-5-6-13-22(20)29-25)14-23-26(33)30(16-24(32)31(23)27)28-15-18-10-7-9-17-8-3-4-11-19(17)18/h3-13,15,23,29H,14,16H2,1-2H3/b28-15-/t23-/m0/s1. The second kappa shape index (κ2) is 7.04. The highest BCUT2D eigenvalue weighted by Gasteiger charge is 2.51. The Bertz CT molecular complexity index is 1460. The second-order valence-electron chi connectivity index (χ2n) is 9.28. The molecule has 6 nitrogen and oxygen atoms in total. The maximum atomic E-state index is 13.6. The highest BCUT2D eigenvalue weighted by Crippen LogP contribution is 2.42. The number of hydrazone groups is 1. The van der Waals surface area contributed by atoms with Gasteiger partial charge in [0.05, 0.1) is 11.8 Å². The molecule has 0 unspecified atom stereocenters. The van der Waals surface area contributed by atoms with Gasteiger partial charge in [-0.3, -0.25) is 9.59 Å². The third-order valence-electron chi connectivity index (χ3n) is 6.99. The van der Waals surface area contributed by atoms with E-state index in [0.29, 0.717) is 6.42 Å². The van der Waals surface area contributed by atoms with E-state index < -0.39 is 11.6 Å². The van der Waals surface area contributed by atoms with Gasteiger partial charge in [0.15, 0.2) is 0 Å². The first-order chi connectivity index (χ1) is 15.9. The van der Waals surface area contributed by atoms with Crippen molar-refractivity contribution in [1.29, 1.82) is 0 Å². The summed E-state index contributed by atoms with van der Waals surface area (Å²) >= 11 is 0. The SMILES string of the molecule is CC1(C)c2[nH]c3ccccc3c2C[C@H]2C(=O)N(/N=C\c3cccc4ccccc34)CC(=O)N21. The van der Waals surface area contributed by atoms with E-state index in [1.807, 2.05) is 74.5 Å². The maximum absolute atomic E-state index is 13.6. The van der Waals surface area contributed by atoms with Crippen LogP contribution >= 0.6 is 0 Å². The molecule has 3 heterocycles. The molecule has 0 bridgehead atoms. The zero-order valence-electron chi connectivity index (χ0n) is 18.6. The Morgan fingerprint density at radius 3 is 2.55 bits per heavy atom. The predicted octanol–water partition coefficient (Wildman–Crippen LogP) is 4.19. The number of H-pyrrole nitrogens is 1. The Balaban J connectivity index is 1.38. The number of hydrogen-bond acceptors (Lipinski definition) is 3. The Hall–Kier alpha value is -3.93. The summed E-state index contributed by atoms with van der Waals surface area (Å²) in [6.45, 7) is 3.96. The molecule has 3 aromatic carbocycles. The van der Waals surface area contributed by atoms with Crippen molar-refractivity contribution in [2.75, 3.05) is 6.54 Å². The Kier molecular flexibility index (Phi) is 4.21. The molecule has 0 spiro atoms. The number of aromatic nitrogens is 1. The molecule has 1 aromatic heterocycles. The number of benzene rings is 3.